The van der Waals surface area contributed by atoms with E-state index in [9.17, 15) is 26.4 Å². The predicted molar refractivity (Wildman–Crippen MR) is 54.7 cm³/mol. The molecule has 0 aliphatic heterocycles. The molecule has 0 aliphatic carbocycles. The molecule has 1 aromatic heterocycles. The summed E-state index contributed by atoms with van der Waals surface area (Å²) in [5.74, 6) is -1.79. The molecule has 0 unspecified atom stereocenters. The number of nitrogens with two attached hydrogens (primary N) is 1. The molecule has 0 saturated heterocycles. The number of carbonyl (C=O) groups is 1. The zero-order chi connectivity index (χ0) is 13.4. The van der Waals surface area contributed by atoms with Crippen LogP contribution in [0.3, 0.4) is 0 Å². The van der Waals surface area contributed by atoms with Crippen molar-refractivity contribution in [3.8, 4) is 0 Å². The van der Waals surface area contributed by atoms with Gasteiger partial charge in [-0.15, -0.1) is 0 Å². The van der Waals surface area contributed by atoms with E-state index < -0.39 is 38.5 Å². The van der Waals surface area contributed by atoms with Crippen LogP contribution >= 0.6 is 0 Å². The fourth-order valence-corrected chi connectivity index (χ4v) is 1.48. The molecule has 0 amide bonds. The van der Waals surface area contributed by atoms with Gasteiger partial charge in [-0.2, -0.15) is 13.2 Å². The first-order chi connectivity index (χ1) is 7.51. The summed E-state index contributed by atoms with van der Waals surface area (Å²) in [6.07, 6.45) is -4.97. The summed E-state index contributed by atoms with van der Waals surface area (Å²) < 4.78 is 58.7. The molecule has 18 heavy (non-hydrogen) atoms. The second-order valence-corrected chi connectivity index (χ2v) is 4.48. The van der Waals surface area contributed by atoms with Gasteiger partial charge in [0, 0.05) is 0 Å². The Bertz CT molecular complexity index is 573. The van der Waals surface area contributed by atoms with Crippen LogP contribution in [0.5, 0.6) is 0 Å². The topological polar surface area (TPSA) is 110 Å². The van der Waals surface area contributed by atoms with Gasteiger partial charge in [0.25, 0.3) is 0 Å². The molecule has 6 nitrogen and oxygen atoms in total. The van der Waals surface area contributed by atoms with Gasteiger partial charge in [0.15, 0.2) is 0 Å². The van der Waals surface area contributed by atoms with Gasteiger partial charge in [0.1, 0.15) is 11.4 Å². The number of hydrogen-bond acceptors (Lipinski definition) is 4. The molecule has 0 atom stereocenters. The Balaban J connectivity index is 0.00000289. The molecule has 0 bridgehead atoms. The van der Waals surface area contributed by atoms with E-state index >= 15 is 0 Å². The zero-order valence-electron chi connectivity index (χ0n) is 7.89. The van der Waals surface area contributed by atoms with E-state index in [1.807, 2.05) is 0 Å². The van der Waals surface area contributed by atoms with Gasteiger partial charge in [-0.05, 0) is 12.1 Å². The average Bonchev–Trinajstić information content (AvgIpc) is 2.14. The van der Waals surface area contributed by atoms with Crippen molar-refractivity contribution in [1.82, 2.24) is 4.98 Å². The number of sulfonamides is 1. The second kappa shape index (κ2) is 5.27. The van der Waals surface area contributed by atoms with E-state index in [2.05, 4.69) is 10.1 Å². The molecule has 0 aliphatic rings. The maximum absolute atomic E-state index is 12.3. The van der Waals surface area contributed by atoms with Crippen LogP contribution in [0.15, 0.2) is 17.0 Å². The van der Waals surface area contributed by atoms with E-state index in [-0.39, 0.29) is 24.9 Å². The third kappa shape index (κ3) is 3.99. The van der Waals surface area contributed by atoms with Crippen molar-refractivity contribution < 1.29 is 31.5 Å². The average molecular weight is 278 g/mol. The quantitative estimate of drug-likeness (QED) is 0.728. The SMILES string of the molecule is NS(=O)(=O)c1cc(C(=O)O)nc(C(F)(F)F)c1.[LiH]. The molecule has 1 heterocycles. The van der Waals surface area contributed by atoms with E-state index in [0.717, 1.165) is 0 Å². The van der Waals surface area contributed by atoms with Crippen molar-refractivity contribution in [1.29, 1.82) is 0 Å². The first-order valence-corrected chi connectivity index (χ1v) is 5.42. The van der Waals surface area contributed by atoms with Crippen LogP contribution in [0.1, 0.15) is 16.2 Å². The van der Waals surface area contributed by atoms with Gasteiger partial charge in [-0.1, -0.05) is 0 Å². The van der Waals surface area contributed by atoms with E-state index in [0.29, 0.717) is 6.07 Å². The van der Waals surface area contributed by atoms with Gasteiger partial charge in [-0.3, -0.25) is 0 Å². The summed E-state index contributed by atoms with van der Waals surface area (Å²) in [4.78, 5) is 12.3. The van der Waals surface area contributed by atoms with Crippen LogP contribution in [0.25, 0.3) is 0 Å². The number of alkyl halides is 3. The van der Waals surface area contributed by atoms with Crippen LogP contribution in [-0.2, 0) is 16.2 Å². The molecule has 0 fully saturated rings. The van der Waals surface area contributed by atoms with E-state index in [1.54, 1.807) is 0 Å². The molecule has 1 aromatic rings. The van der Waals surface area contributed by atoms with Gasteiger partial charge < -0.3 is 5.11 Å². The third-order valence-electron chi connectivity index (χ3n) is 1.64. The Kier molecular flexibility index (Phi) is 4.96. The molecule has 0 radical (unpaired) electrons. The number of rotatable bonds is 2. The molecular weight excluding hydrogens is 272 g/mol. The molecule has 0 aromatic carbocycles. The number of aromatic nitrogens is 1. The van der Waals surface area contributed by atoms with Gasteiger partial charge in [-0.25, -0.2) is 23.3 Å². The van der Waals surface area contributed by atoms with Gasteiger partial charge in [0.2, 0.25) is 10.0 Å². The van der Waals surface area contributed by atoms with Crippen molar-refractivity contribution >= 4 is 34.9 Å². The van der Waals surface area contributed by atoms with Crippen LogP contribution in [-0.4, -0.2) is 43.3 Å². The fraction of sp³-hybridized carbons (Fsp3) is 0.143. The van der Waals surface area contributed by atoms with Crippen LogP contribution in [0, 0.1) is 0 Å². The third-order valence-corrected chi connectivity index (χ3v) is 2.53. The van der Waals surface area contributed by atoms with Crippen LogP contribution in [0.2, 0.25) is 0 Å². The first-order valence-electron chi connectivity index (χ1n) is 3.87. The monoisotopic (exact) mass is 278 g/mol. The summed E-state index contributed by atoms with van der Waals surface area (Å²) in [5, 5.41) is 13.1. The summed E-state index contributed by atoms with van der Waals surface area (Å²) in [5.41, 5.74) is -2.69. The maximum atomic E-state index is 12.3. The molecular formula is C7H6F3LiN2O4S. The number of aromatic carboxylic acids is 1. The van der Waals surface area contributed by atoms with Gasteiger partial charge in [0.05, 0.1) is 4.90 Å². The van der Waals surface area contributed by atoms with E-state index in [1.165, 1.54) is 0 Å². The summed E-state index contributed by atoms with van der Waals surface area (Å²) in [6.45, 7) is 0. The Labute approximate surface area is 111 Å². The van der Waals surface area contributed by atoms with Crippen molar-refractivity contribution in [2.45, 2.75) is 11.1 Å². The minimum absolute atomic E-state index is 0. The molecule has 0 spiro atoms. The normalized spacial score (nSPS) is 11.8. The Hall–Kier alpha value is -1.08. The molecule has 0 saturated carbocycles. The van der Waals surface area contributed by atoms with Crippen molar-refractivity contribution in [3.05, 3.63) is 23.5 Å². The second-order valence-electron chi connectivity index (χ2n) is 2.92. The van der Waals surface area contributed by atoms with E-state index in [4.69, 9.17) is 5.11 Å². The first kappa shape index (κ1) is 16.9. The fourth-order valence-electron chi connectivity index (χ4n) is 0.925. The van der Waals surface area contributed by atoms with Crippen LogP contribution < -0.4 is 5.14 Å². The molecule has 11 heteroatoms. The Morgan fingerprint density at radius 3 is 2.17 bits per heavy atom. The van der Waals surface area contributed by atoms with Crippen molar-refractivity contribution in [3.63, 3.8) is 0 Å². The minimum atomic E-state index is -4.97. The van der Waals surface area contributed by atoms with Crippen molar-refractivity contribution in [2.24, 2.45) is 5.14 Å². The summed E-state index contributed by atoms with van der Waals surface area (Å²) in [7, 11) is -4.44. The predicted octanol–water partition coefficient (Wildman–Crippen LogP) is -0.202. The standard InChI is InChI=1S/C7H5F3N2O4S.Li.H/c8-7(9,10)5-2-3(17(11,15)16)1-4(12-5)6(13)14;;/h1-2H,(H,13,14)(H2,11,15,16);;. The molecule has 96 valence electrons. The number of primary sulfonamides is 1. The van der Waals surface area contributed by atoms with Crippen LogP contribution in [0.4, 0.5) is 13.2 Å². The van der Waals surface area contributed by atoms with Crippen molar-refractivity contribution in [2.75, 3.05) is 0 Å². The Morgan fingerprint density at radius 1 is 1.33 bits per heavy atom. The zero-order valence-corrected chi connectivity index (χ0v) is 8.71. The molecule has 3 N–H and O–H groups in total. The summed E-state index contributed by atoms with van der Waals surface area (Å²) in [6, 6.07) is 0.620. The number of carboxylic acids is 1. The number of carboxylic acid groups (broad SMARTS) is 1. The molecule has 1 rings (SSSR count). The number of pyridine rings is 1. The number of hydrogen-bond donors (Lipinski definition) is 2. The Morgan fingerprint density at radius 2 is 1.83 bits per heavy atom. The summed E-state index contributed by atoms with van der Waals surface area (Å²) >= 11 is 0. The van der Waals surface area contributed by atoms with Gasteiger partial charge >= 0.3 is 31.0 Å². The number of halogens is 3. The number of nitrogens with zero attached hydrogens (tertiary/aromatic N) is 1.